The summed E-state index contributed by atoms with van der Waals surface area (Å²) < 4.78 is 25.2. The van der Waals surface area contributed by atoms with Crippen molar-refractivity contribution in [2.45, 2.75) is 19.4 Å². The Balaban J connectivity index is 1.55. The summed E-state index contributed by atoms with van der Waals surface area (Å²) in [6, 6.07) is 19.3. The zero-order valence-corrected chi connectivity index (χ0v) is 14.7. The van der Waals surface area contributed by atoms with E-state index in [1.54, 1.807) is 18.2 Å². The molecule has 1 N–H and O–H groups in total. The van der Waals surface area contributed by atoms with Crippen LogP contribution in [0.25, 0.3) is 21.9 Å². The number of halogens is 1. The van der Waals surface area contributed by atoms with Crippen LogP contribution in [0.1, 0.15) is 13.3 Å². The first-order chi connectivity index (χ1) is 13.2. The van der Waals surface area contributed by atoms with E-state index in [0.717, 1.165) is 16.4 Å². The molecule has 1 amide bonds. The Morgan fingerprint density at radius 1 is 1.04 bits per heavy atom. The van der Waals surface area contributed by atoms with Gasteiger partial charge >= 0.3 is 0 Å². The fraction of sp³-hybridized carbons (Fsp3) is 0.136. The van der Waals surface area contributed by atoms with E-state index in [0.29, 0.717) is 17.7 Å². The SMILES string of the molecule is CC[C@@H](Oc1ccccc1F)C(=O)Nc1ccc2c(c1)oc1ccccc12. The van der Waals surface area contributed by atoms with Gasteiger partial charge in [-0.1, -0.05) is 37.3 Å². The van der Waals surface area contributed by atoms with Gasteiger partial charge in [0.2, 0.25) is 0 Å². The van der Waals surface area contributed by atoms with Crippen molar-refractivity contribution in [3.05, 3.63) is 72.5 Å². The Hall–Kier alpha value is -3.34. The minimum absolute atomic E-state index is 0.0623. The van der Waals surface area contributed by atoms with Crippen molar-refractivity contribution in [1.82, 2.24) is 0 Å². The molecule has 0 saturated heterocycles. The minimum Gasteiger partial charge on any atom is -0.478 e. The topological polar surface area (TPSA) is 51.5 Å². The molecule has 27 heavy (non-hydrogen) atoms. The lowest BCUT2D eigenvalue weighted by atomic mass is 10.1. The van der Waals surface area contributed by atoms with E-state index in [4.69, 9.17) is 9.15 Å². The number of hydrogen-bond donors (Lipinski definition) is 1. The van der Waals surface area contributed by atoms with Gasteiger partial charge in [-0.05, 0) is 36.8 Å². The van der Waals surface area contributed by atoms with Crippen LogP contribution in [0.5, 0.6) is 5.75 Å². The van der Waals surface area contributed by atoms with Crippen molar-refractivity contribution in [3.63, 3.8) is 0 Å². The lowest BCUT2D eigenvalue weighted by molar-refractivity contribution is -0.122. The number of nitrogens with one attached hydrogen (secondary N) is 1. The maximum absolute atomic E-state index is 13.8. The molecule has 3 aromatic carbocycles. The summed E-state index contributed by atoms with van der Waals surface area (Å²) in [5.74, 6) is -0.768. The van der Waals surface area contributed by atoms with Crippen LogP contribution in [-0.4, -0.2) is 12.0 Å². The van der Waals surface area contributed by atoms with Crippen molar-refractivity contribution < 1.29 is 18.3 Å². The number of para-hydroxylation sites is 2. The van der Waals surface area contributed by atoms with E-state index in [1.165, 1.54) is 12.1 Å². The van der Waals surface area contributed by atoms with E-state index >= 15 is 0 Å². The van der Waals surface area contributed by atoms with Crippen molar-refractivity contribution in [3.8, 4) is 5.75 Å². The van der Waals surface area contributed by atoms with Crippen molar-refractivity contribution >= 4 is 33.5 Å². The molecular weight excluding hydrogens is 345 g/mol. The molecule has 0 fully saturated rings. The molecule has 4 rings (SSSR count). The fourth-order valence-electron chi connectivity index (χ4n) is 3.04. The van der Waals surface area contributed by atoms with Crippen molar-refractivity contribution in [2.24, 2.45) is 0 Å². The van der Waals surface area contributed by atoms with Crippen LogP contribution in [0.15, 0.2) is 71.1 Å². The van der Waals surface area contributed by atoms with Gasteiger partial charge in [-0.15, -0.1) is 0 Å². The van der Waals surface area contributed by atoms with Gasteiger partial charge in [-0.25, -0.2) is 4.39 Å². The maximum atomic E-state index is 13.8. The first-order valence-corrected chi connectivity index (χ1v) is 8.79. The number of amides is 1. The molecular formula is C22H18FNO3. The quantitative estimate of drug-likeness (QED) is 0.508. The zero-order chi connectivity index (χ0) is 18.8. The van der Waals surface area contributed by atoms with E-state index < -0.39 is 11.9 Å². The average Bonchev–Trinajstić information content (AvgIpc) is 3.05. The third-order valence-electron chi connectivity index (χ3n) is 4.42. The summed E-state index contributed by atoms with van der Waals surface area (Å²) in [5.41, 5.74) is 2.09. The Morgan fingerprint density at radius 3 is 2.59 bits per heavy atom. The monoisotopic (exact) mass is 363 g/mol. The van der Waals surface area contributed by atoms with Gasteiger partial charge in [-0.2, -0.15) is 0 Å². The number of benzene rings is 3. The van der Waals surface area contributed by atoms with E-state index in [1.807, 2.05) is 43.3 Å². The Labute approximate surface area is 155 Å². The predicted molar refractivity (Wildman–Crippen MR) is 103 cm³/mol. The Kier molecular flexibility index (Phi) is 4.50. The van der Waals surface area contributed by atoms with Gasteiger partial charge in [0.1, 0.15) is 11.2 Å². The normalized spacial score (nSPS) is 12.2. The van der Waals surface area contributed by atoms with Gasteiger partial charge < -0.3 is 14.5 Å². The highest BCUT2D eigenvalue weighted by molar-refractivity contribution is 6.06. The number of fused-ring (bicyclic) bond motifs is 3. The molecule has 0 unspecified atom stereocenters. The molecule has 136 valence electrons. The fourth-order valence-corrected chi connectivity index (χ4v) is 3.04. The summed E-state index contributed by atoms with van der Waals surface area (Å²) in [5, 5.41) is 4.83. The molecule has 0 spiro atoms. The van der Waals surface area contributed by atoms with Crippen molar-refractivity contribution in [1.29, 1.82) is 0 Å². The molecule has 4 nitrogen and oxygen atoms in total. The standard InChI is InChI=1S/C22H18FNO3/c1-2-18(26-20-10-6-4-8-17(20)23)22(25)24-14-11-12-16-15-7-3-5-9-19(15)27-21(16)13-14/h3-13,18H,2H2,1H3,(H,24,25)/t18-/m1/s1. The first-order valence-electron chi connectivity index (χ1n) is 8.79. The van der Waals surface area contributed by atoms with Gasteiger partial charge in [0.15, 0.2) is 17.7 Å². The third-order valence-corrected chi connectivity index (χ3v) is 4.42. The zero-order valence-electron chi connectivity index (χ0n) is 14.7. The molecule has 1 aromatic heterocycles. The number of furan rings is 1. The number of ether oxygens (including phenoxy) is 1. The number of rotatable bonds is 5. The second-order valence-corrected chi connectivity index (χ2v) is 6.24. The summed E-state index contributed by atoms with van der Waals surface area (Å²) >= 11 is 0. The molecule has 1 heterocycles. The number of carbonyl (C=O) groups is 1. The van der Waals surface area contributed by atoms with Crippen LogP contribution < -0.4 is 10.1 Å². The highest BCUT2D eigenvalue weighted by Gasteiger charge is 2.20. The van der Waals surface area contributed by atoms with E-state index in [-0.39, 0.29) is 11.7 Å². The van der Waals surface area contributed by atoms with Gasteiger partial charge in [-0.3, -0.25) is 4.79 Å². The largest absolute Gasteiger partial charge is 0.478 e. The number of anilines is 1. The maximum Gasteiger partial charge on any atom is 0.265 e. The summed E-state index contributed by atoms with van der Waals surface area (Å²) in [6.07, 6.45) is -0.388. The van der Waals surface area contributed by atoms with Gasteiger partial charge in [0.25, 0.3) is 5.91 Å². The summed E-state index contributed by atoms with van der Waals surface area (Å²) in [4.78, 5) is 12.6. The number of carbonyl (C=O) groups excluding carboxylic acids is 1. The molecule has 0 bridgehead atoms. The molecule has 0 aliphatic heterocycles. The third kappa shape index (κ3) is 3.36. The lowest BCUT2D eigenvalue weighted by Crippen LogP contribution is -2.32. The molecule has 0 saturated carbocycles. The van der Waals surface area contributed by atoms with Gasteiger partial charge in [0.05, 0.1) is 0 Å². The molecule has 1 atom stereocenters. The van der Waals surface area contributed by atoms with Crippen LogP contribution in [0, 0.1) is 5.82 Å². The first kappa shape index (κ1) is 17.1. The van der Waals surface area contributed by atoms with Crippen LogP contribution in [0.2, 0.25) is 0 Å². The second-order valence-electron chi connectivity index (χ2n) is 6.24. The van der Waals surface area contributed by atoms with Crippen LogP contribution in [0.4, 0.5) is 10.1 Å². The van der Waals surface area contributed by atoms with Crippen LogP contribution in [0.3, 0.4) is 0 Å². The molecule has 0 aliphatic rings. The highest BCUT2D eigenvalue weighted by Crippen LogP contribution is 2.30. The summed E-state index contributed by atoms with van der Waals surface area (Å²) in [7, 11) is 0. The van der Waals surface area contributed by atoms with Gasteiger partial charge in [0, 0.05) is 22.5 Å². The molecule has 4 aromatic rings. The predicted octanol–water partition coefficient (Wildman–Crippen LogP) is 5.52. The average molecular weight is 363 g/mol. The second kappa shape index (κ2) is 7.11. The van der Waals surface area contributed by atoms with Crippen molar-refractivity contribution in [2.75, 3.05) is 5.32 Å². The molecule has 0 aliphatic carbocycles. The minimum atomic E-state index is -0.798. The van der Waals surface area contributed by atoms with Crippen LogP contribution >= 0.6 is 0 Å². The Morgan fingerprint density at radius 2 is 1.78 bits per heavy atom. The Bertz CT molecular complexity index is 1120. The smallest absolute Gasteiger partial charge is 0.265 e. The lowest BCUT2D eigenvalue weighted by Gasteiger charge is -2.17. The summed E-state index contributed by atoms with van der Waals surface area (Å²) in [6.45, 7) is 1.81. The van der Waals surface area contributed by atoms with E-state index in [2.05, 4.69) is 5.32 Å². The van der Waals surface area contributed by atoms with Crippen LogP contribution in [-0.2, 0) is 4.79 Å². The molecule has 0 radical (unpaired) electrons. The molecule has 5 heteroatoms. The number of hydrogen-bond acceptors (Lipinski definition) is 3. The van der Waals surface area contributed by atoms with E-state index in [9.17, 15) is 9.18 Å². The highest BCUT2D eigenvalue weighted by atomic mass is 19.1.